The zero-order valence-electron chi connectivity index (χ0n) is 15.7. The molecule has 0 aliphatic heterocycles. The Kier molecular flexibility index (Phi) is 8.51. The summed E-state index contributed by atoms with van der Waals surface area (Å²) in [7, 11) is 0. The van der Waals surface area contributed by atoms with E-state index < -0.39 is 0 Å². The van der Waals surface area contributed by atoms with Gasteiger partial charge in [0.25, 0.3) is 0 Å². The average Bonchev–Trinajstić information content (AvgIpc) is 2.55. The first-order valence-electron chi connectivity index (χ1n) is 9.01. The molecule has 0 spiro atoms. The van der Waals surface area contributed by atoms with E-state index in [1.807, 2.05) is 6.92 Å². The van der Waals surface area contributed by atoms with Gasteiger partial charge in [-0.3, -0.25) is 9.59 Å². The molecule has 0 saturated heterocycles. The number of hydrogen-bond donors (Lipinski definition) is 2. The van der Waals surface area contributed by atoms with E-state index in [2.05, 4.69) is 62.6 Å². The lowest BCUT2D eigenvalue weighted by atomic mass is 9.93. The molecule has 0 radical (unpaired) electrons. The maximum atomic E-state index is 12.2. The highest BCUT2D eigenvalue weighted by molar-refractivity contribution is 5.83. The van der Waals surface area contributed by atoms with Gasteiger partial charge in [0.15, 0.2) is 0 Å². The summed E-state index contributed by atoms with van der Waals surface area (Å²) < 4.78 is 0. The molecule has 4 heteroatoms. The Hall–Kier alpha value is -1.84. The van der Waals surface area contributed by atoms with E-state index >= 15 is 0 Å². The Morgan fingerprint density at radius 1 is 0.917 bits per heavy atom. The molecule has 1 unspecified atom stereocenters. The smallest absolute Gasteiger partial charge is 0.221 e. The van der Waals surface area contributed by atoms with Crippen molar-refractivity contribution < 1.29 is 9.59 Å². The van der Waals surface area contributed by atoms with Crippen LogP contribution in [-0.4, -0.2) is 18.4 Å². The molecular formula is C20H32N2O2. The Balaban J connectivity index is 2.62. The Morgan fingerprint density at radius 2 is 1.46 bits per heavy atom. The molecule has 0 heterocycles. The van der Waals surface area contributed by atoms with Crippen molar-refractivity contribution in [3.63, 3.8) is 0 Å². The lowest BCUT2D eigenvalue weighted by Gasteiger charge is -2.23. The predicted octanol–water partition coefficient (Wildman–Crippen LogP) is 3.93. The highest BCUT2D eigenvalue weighted by Gasteiger charge is 2.19. The van der Waals surface area contributed by atoms with E-state index in [0.717, 1.165) is 12.0 Å². The minimum Gasteiger partial charge on any atom is -0.356 e. The van der Waals surface area contributed by atoms with Crippen molar-refractivity contribution in [2.24, 2.45) is 5.92 Å². The molecule has 0 aliphatic rings. The van der Waals surface area contributed by atoms with E-state index in [1.54, 1.807) is 0 Å². The number of nitrogens with one attached hydrogen (secondary N) is 2. The average molecular weight is 332 g/mol. The lowest BCUT2D eigenvalue weighted by Crippen LogP contribution is -2.33. The minimum atomic E-state index is -0.0757. The van der Waals surface area contributed by atoms with Crippen LogP contribution in [0.3, 0.4) is 0 Å². The Labute approximate surface area is 146 Å². The fraction of sp³-hybridized carbons (Fsp3) is 0.600. The number of amides is 2. The van der Waals surface area contributed by atoms with Crippen LogP contribution in [0.1, 0.15) is 77.0 Å². The number of carbonyl (C=O) groups is 2. The summed E-state index contributed by atoms with van der Waals surface area (Å²) in [5, 5.41) is 5.87. The van der Waals surface area contributed by atoms with E-state index in [-0.39, 0.29) is 36.6 Å². The van der Waals surface area contributed by atoms with Crippen LogP contribution in [0, 0.1) is 5.92 Å². The van der Waals surface area contributed by atoms with Crippen molar-refractivity contribution in [2.45, 2.75) is 65.8 Å². The van der Waals surface area contributed by atoms with E-state index in [1.165, 1.54) is 5.56 Å². The van der Waals surface area contributed by atoms with E-state index in [9.17, 15) is 9.59 Å². The van der Waals surface area contributed by atoms with Crippen LogP contribution in [0.2, 0.25) is 0 Å². The van der Waals surface area contributed by atoms with Gasteiger partial charge in [-0.1, -0.05) is 58.9 Å². The normalized spacial score (nSPS) is 12.3. The maximum Gasteiger partial charge on any atom is 0.221 e. The second kappa shape index (κ2) is 10.1. The van der Waals surface area contributed by atoms with Gasteiger partial charge in [-0.2, -0.15) is 0 Å². The first-order chi connectivity index (χ1) is 11.3. The molecule has 0 fully saturated rings. The van der Waals surface area contributed by atoms with E-state index in [4.69, 9.17) is 0 Å². The molecule has 0 saturated carbocycles. The first-order valence-corrected chi connectivity index (χ1v) is 9.01. The molecule has 1 rings (SSSR count). The summed E-state index contributed by atoms with van der Waals surface area (Å²) in [6, 6.07) is 8.40. The molecule has 2 N–H and O–H groups in total. The third kappa shape index (κ3) is 6.73. The molecular weight excluding hydrogens is 300 g/mol. The van der Waals surface area contributed by atoms with Crippen LogP contribution in [0.5, 0.6) is 0 Å². The molecule has 2 amide bonds. The van der Waals surface area contributed by atoms with Crippen molar-refractivity contribution >= 4 is 11.8 Å². The first kappa shape index (κ1) is 20.2. The maximum absolute atomic E-state index is 12.2. The standard InChI is InChI=1S/C20H32N2O2/c1-6-13-21-18(23)11-12-19(24)22-20(15(4)5)17-9-7-16(8-10-17)14(2)3/h7-10,14-15,20H,6,11-13H2,1-5H3,(H,21,23)(H,22,24). The van der Waals surface area contributed by atoms with Gasteiger partial charge in [0.05, 0.1) is 6.04 Å². The lowest BCUT2D eigenvalue weighted by molar-refractivity contribution is -0.127. The van der Waals surface area contributed by atoms with Gasteiger partial charge in [-0.05, 0) is 29.4 Å². The fourth-order valence-electron chi connectivity index (χ4n) is 2.55. The summed E-state index contributed by atoms with van der Waals surface area (Å²) in [4.78, 5) is 23.8. The van der Waals surface area contributed by atoms with Crippen LogP contribution < -0.4 is 10.6 Å². The molecule has 1 aromatic rings. The zero-order chi connectivity index (χ0) is 18.1. The van der Waals surface area contributed by atoms with Gasteiger partial charge in [0.1, 0.15) is 0 Å². The van der Waals surface area contributed by atoms with Crippen LogP contribution in [-0.2, 0) is 9.59 Å². The summed E-state index contributed by atoms with van der Waals surface area (Å²) in [6.45, 7) is 11.2. The van der Waals surface area contributed by atoms with Gasteiger partial charge >= 0.3 is 0 Å². The summed E-state index contributed by atoms with van der Waals surface area (Å²) in [6.07, 6.45) is 1.37. The second-order valence-corrected chi connectivity index (χ2v) is 6.96. The van der Waals surface area contributed by atoms with Crippen molar-refractivity contribution in [1.29, 1.82) is 0 Å². The molecule has 0 aliphatic carbocycles. The van der Waals surface area contributed by atoms with Crippen molar-refractivity contribution in [2.75, 3.05) is 6.54 Å². The van der Waals surface area contributed by atoms with Gasteiger partial charge in [-0.15, -0.1) is 0 Å². The van der Waals surface area contributed by atoms with Crippen molar-refractivity contribution in [3.8, 4) is 0 Å². The predicted molar refractivity (Wildman–Crippen MR) is 98.8 cm³/mol. The summed E-state index contributed by atoms with van der Waals surface area (Å²) in [5.41, 5.74) is 2.40. The number of hydrogen-bond acceptors (Lipinski definition) is 2. The van der Waals surface area contributed by atoms with Crippen molar-refractivity contribution in [1.82, 2.24) is 10.6 Å². The van der Waals surface area contributed by atoms with Crippen LogP contribution in [0.25, 0.3) is 0 Å². The minimum absolute atomic E-state index is 0.0302. The summed E-state index contributed by atoms with van der Waals surface area (Å²) >= 11 is 0. The highest BCUT2D eigenvalue weighted by atomic mass is 16.2. The molecule has 0 aromatic heterocycles. The zero-order valence-corrected chi connectivity index (χ0v) is 15.7. The topological polar surface area (TPSA) is 58.2 Å². The highest BCUT2D eigenvalue weighted by Crippen LogP contribution is 2.24. The molecule has 24 heavy (non-hydrogen) atoms. The fourth-order valence-corrected chi connectivity index (χ4v) is 2.55. The van der Waals surface area contributed by atoms with Crippen LogP contribution in [0.15, 0.2) is 24.3 Å². The quantitative estimate of drug-likeness (QED) is 0.720. The van der Waals surface area contributed by atoms with Crippen molar-refractivity contribution in [3.05, 3.63) is 35.4 Å². The Morgan fingerprint density at radius 3 is 1.96 bits per heavy atom. The summed E-state index contributed by atoms with van der Waals surface area (Å²) in [5.74, 6) is 0.642. The molecule has 1 atom stereocenters. The third-order valence-electron chi connectivity index (χ3n) is 4.10. The van der Waals surface area contributed by atoms with Gasteiger partial charge in [-0.25, -0.2) is 0 Å². The van der Waals surface area contributed by atoms with Gasteiger partial charge in [0, 0.05) is 19.4 Å². The molecule has 4 nitrogen and oxygen atoms in total. The van der Waals surface area contributed by atoms with Crippen LogP contribution in [0.4, 0.5) is 0 Å². The Bertz CT molecular complexity index is 521. The second-order valence-electron chi connectivity index (χ2n) is 6.96. The number of carbonyl (C=O) groups excluding carboxylic acids is 2. The van der Waals surface area contributed by atoms with Crippen LogP contribution >= 0.6 is 0 Å². The van der Waals surface area contributed by atoms with Gasteiger partial charge < -0.3 is 10.6 Å². The van der Waals surface area contributed by atoms with E-state index in [0.29, 0.717) is 12.5 Å². The third-order valence-corrected chi connectivity index (χ3v) is 4.10. The number of rotatable bonds is 9. The molecule has 1 aromatic carbocycles. The number of benzene rings is 1. The monoisotopic (exact) mass is 332 g/mol. The molecule has 134 valence electrons. The SMILES string of the molecule is CCCNC(=O)CCC(=O)NC(c1ccc(C(C)C)cc1)C(C)C. The van der Waals surface area contributed by atoms with Gasteiger partial charge in [0.2, 0.25) is 11.8 Å². The largest absolute Gasteiger partial charge is 0.356 e. The molecule has 0 bridgehead atoms.